The molecule has 45 heavy (non-hydrogen) atoms. The van der Waals surface area contributed by atoms with E-state index in [1.165, 1.54) is 11.3 Å². The highest BCUT2D eigenvalue weighted by Crippen LogP contribution is 2.43. The molecule has 0 saturated heterocycles. The van der Waals surface area contributed by atoms with E-state index in [2.05, 4.69) is 46.9 Å². The van der Waals surface area contributed by atoms with Crippen LogP contribution in [0.1, 0.15) is 62.9 Å². The van der Waals surface area contributed by atoms with Crippen molar-refractivity contribution in [3.63, 3.8) is 0 Å². The zero-order valence-electron chi connectivity index (χ0n) is 25.7. The lowest BCUT2D eigenvalue weighted by Crippen LogP contribution is -2.55. The lowest BCUT2D eigenvalue weighted by molar-refractivity contribution is -0.195. The minimum atomic E-state index is -1.41. The molecule has 1 fully saturated rings. The number of benzene rings is 3. The Kier molecular flexibility index (Phi) is 9.60. The summed E-state index contributed by atoms with van der Waals surface area (Å²) in [6.45, 7) is 7.13. The number of halogens is 1. The van der Waals surface area contributed by atoms with Crippen molar-refractivity contribution < 1.29 is 23.9 Å². The van der Waals surface area contributed by atoms with Gasteiger partial charge in [0.25, 0.3) is 0 Å². The molecule has 0 unspecified atom stereocenters. The van der Waals surface area contributed by atoms with Crippen LogP contribution in [0.3, 0.4) is 0 Å². The molecular weight excluding hydrogens is 610 g/mol. The quantitative estimate of drug-likeness (QED) is 0.0600. The first-order valence-corrected chi connectivity index (χ1v) is 16.1. The number of alkyl halides is 1. The summed E-state index contributed by atoms with van der Waals surface area (Å²) >= 11 is 7.58. The van der Waals surface area contributed by atoms with E-state index in [1.54, 1.807) is 33.1 Å². The lowest BCUT2D eigenvalue weighted by atomic mass is 9.77. The first-order valence-electron chi connectivity index (χ1n) is 14.8. The van der Waals surface area contributed by atoms with E-state index in [4.69, 9.17) is 30.9 Å². The van der Waals surface area contributed by atoms with E-state index in [0.717, 1.165) is 16.7 Å². The van der Waals surface area contributed by atoms with Gasteiger partial charge in [-0.15, -0.1) is 22.9 Å². The molecule has 8 nitrogen and oxygen atoms in total. The summed E-state index contributed by atoms with van der Waals surface area (Å²) in [4.78, 5) is 36.9. The predicted octanol–water partition coefficient (Wildman–Crippen LogP) is 7.31. The van der Waals surface area contributed by atoms with Gasteiger partial charge in [-0.05, 0) is 44.4 Å². The Morgan fingerprint density at radius 2 is 1.44 bits per heavy atom. The van der Waals surface area contributed by atoms with Gasteiger partial charge in [-0.2, -0.15) is 0 Å². The van der Waals surface area contributed by atoms with Crippen molar-refractivity contribution in [3.05, 3.63) is 119 Å². The van der Waals surface area contributed by atoms with Gasteiger partial charge in [-0.25, -0.2) is 14.6 Å². The first-order chi connectivity index (χ1) is 21.6. The Balaban J connectivity index is 1.55. The third kappa shape index (κ3) is 7.05. The van der Waals surface area contributed by atoms with Gasteiger partial charge in [0.15, 0.2) is 5.13 Å². The number of ether oxygens (including phenoxy) is 2. The Hall–Kier alpha value is -4.21. The number of rotatable bonds is 11. The summed E-state index contributed by atoms with van der Waals surface area (Å²) in [6.07, 6.45) is 0.390. The number of anilines is 1. The fraction of sp³-hybridized carbons (Fsp3) is 0.314. The largest absolute Gasteiger partial charge is 0.461 e. The van der Waals surface area contributed by atoms with Crippen LogP contribution in [-0.4, -0.2) is 45.8 Å². The molecule has 1 heterocycles. The lowest BCUT2D eigenvalue weighted by Gasteiger charge is -2.41. The van der Waals surface area contributed by atoms with Gasteiger partial charge >= 0.3 is 11.9 Å². The SMILES string of the molecule is CCOC(=O)C(=NOC1(C(=O)OC(C)(C)C)CC(Cl)C1)c1csc(NC(c2ccccc2)(c2ccccc2)c2ccccc2)n1. The number of hydrogen-bond donors (Lipinski definition) is 1. The minimum absolute atomic E-state index is 0.118. The number of thiazole rings is 1. The maximum Gasteiger partial charge on any atom is 0.362 e. The van der Waals surface area contributed by atoms with E-state index in [-0.39, 0.29) is 36.2 Å². The van der Waals surface area contributed by atoms with Crippen molar-refractivity contribution in [1.29, 1.82) is 0 Å². The molecule has 0 aliphatic heterocycles. The number of oxime groups is 1. The number of nitrogens with one attached hydrogen (secondary N) is 1. The molecule has 1 aromatic heterocycles. The second-order valence-corrected chi connectivity index (χ2v) is 13.2. The molecule has 0 amide bonds. The van der Waals surface area contributed by atoms with E-state index in [1.807, 2.05) is 54.6 Å². The van der Waals surface area contributed by atoms with Crippen LogP contribution < -0.4 is 5.32 Å². The van der Waals surface area contributed by atoms with Crippen LogP contribution in [-0.2, 0) is 29.4 Å². The van der Waals surface area contributed by atoms with E-state index in [9.17, 15) is 9.59 Å². The Morgan fingerprint density at radius 3 is 1.89 bits per heavy atom. The first kappa shape index (κ1) is 32.2. The number of carbonyl (C=O) groups excluding carboxylic acids is 2. The molecular formula is C35H36ClN3O5S. The highest BCUT2D eigenvalue weighted by atomic mass is 35.5. The number of hydrogen-bond acceptors (Lipinski definition) is 9. The molecule has 1 aliphatic carbocycles. The fourth-order valence-electron chi connectivity index (χ4n) is 5.21. The maximum atomic E-state index is 13.2. The average Bonchev–Trinajstić information content (AvgIpc) is 3.47. The number of nitrogens with zero attached hydrogens (tertiary/aromatic N) is 2. The van der Waals surface area contributed by atoms with E-state index >= 15 is 0 Å². The molecule has 0 radical (unpaired) electrons. The van der Waals surface area contributed by atoms with Crippen LogP contribution in [0.4, 0.5) is 5.13 Å². The Morgan fingerprint density at radius 1 is 0.933 bits per heavy atom. The molecule has 0 bridgehead atoms. The molecule has 3 aromatic carbocycles. The fourth-order valence-corrected chi connectivity index (χ4v) is 6.46. The number of aromatic nitrogens is 1. The molecule has 1 N–H and O–H groups in total. The van der Waals surface area contributed by atoms with Crippen molar-refractivity contribution in [2.75, 3.05) is 11.9 Å². The van der Waals surface area contributed by atoms with Gasteiger partial charge in [0.2, 0.25) is 11.3 Å². The molecule has 1 aliphatic rings. The normalized spacial score (nSPS) is 18.4. The standard InChI is InChI=1S/C35H36ClN3O5S/c1-5-42-30(40)29(39-44-34(21-27(36)22-34)31(41)43-33(2,3)4)28-23-45-32(37-28)38-35(24-15-9-6-10-16-24,25-17-11-7-12-18-25)26-19-13-8-14-20-26/h6-20,23,27H,5,21-22H2,1-4H3,(H,37,38). The van der Waals surface area contributed by atoms with Crippen molar-refractivity contribution in [2.24, 2.45) is 5.16 Å². The summed E-state index contributed by atoms with van der Waals surface area (Å²) in [5.41, 5.74) is 0.120. The van der Waals surface area contributed by atoms with Gasteiger partial charge in [0.05, 0.1) is 6.61 Å². The molecule has 5 rings (SSSR count). The van der Waals surface area contributed by atoms with Crippen molar-refractivity contribution in [1.82, 2.24) is 4.98 Å². The van der Waals surface area contributed by atoms with Gasteiger partial charge < -0.3 is 19.6 Å². The van der Waals surface area contributed by atoms with Crippen LogP contribution in [0, 0.1) is 0 Å². The average molecular weight is 646 g/mol. The van der Waals surface area contributed by atoms with Gasteiger partial charge in [0.1, 0.15) is 16.8 Å². The highest BCUT2D eigenvalue weighted by Gasteiger charge is 2.55. The zero-order valence-corrected chi connectivity index (χ0v) is 27.2. The minimum Gasteiger partial charge on any atom is -0.461 e. The summed E-state index contributed by atoms with van der Waals surface area (Å²) in [7, 11) is 0. The number of esters is 2. The molecule has 10 heteroatoms. The van der Waals surface area contributed by atoms with E-state index < -0.39 is 28.7 Å². The topological polar surface area (TPSA) is 99.1 Å². The van der Waals surface area contributed by atoms with Crippen LogP contribution in [0.25, 0.3) is 0 Å². The second-order valence-electron chi connectivity index (χ2n) is 11.8. The number of carbonyl (C=O) groups is 2. The summed E-state index contributed by atoms with van der Waals surface area (Å²) in [5, 5.41) is 9.83. The molecule has 4 aromatic rings. The van der Waals surface area contributed by atoms with E-state index in [0.29, 0.717) is 5.13 Å². The van der Waals surface area contributed by atoms with Gasteiger partial charge in [0, 0.05) is 23.6 Å². The third-order valence-corrected chi connectivity index (χ3v) is 8.38. The monoisotopic (exact) mass is 645 g/mol. The van der Waals surface area contributed by atoms with Crippen molar-refractivity contribution >= 4 is 45.7 Å². The smallest absolute Gasteiger partial charge is 0.362 e. The molecule has 1 saturated carbocycles. The Bertz CT molecular complexity index is 1540. The van der Waals surface area contributed by atoms with Crippen LogP contribution >= 0.6 is 22.9 Å². The molecule has 0 atom stereocenters. The van der Waals surface area contributed by atoms with Crippen LogP contribution in [0.5, 0.6) is 0 Å². The van der Waals surface area contributed by atoms with Crippen molar-refractivity contribution in [3.8, 4) is 0 Å². The highest BCUT2D eigenvalue weighted by molar-refractivity contribution is 7.14. The third-order valence-electron chi connectivity index (χ3n) is 7.32. The summed E-state index contributed by atoms with van der Waals surface area (Å²) in [6, 6.07) is 30.4. The molecule has 234 valence electrons. The van der Waals surface area contributed by atoms with Gasteiger partial charge in [-0.3, -0.25) is 0 Å². The maximum absolute atomic E-state index is 13.2. The summed E-state index contributed by atoms with van der Waals surface area (Å²) < 4.78 is 10.9. The molecule has 0 spiro atoms. The van der Waals surface area contributed by atoms with Crippen LogP contribution in [0.2, 0.25) is 0 Å². The van der Waals surface area contributed by atoms with Crippen LogP contribution in [0.15, 0.2) is 102 Å². The summed E-state index contributed by atoms with van der Waals surface area (Å²) in [5.74, 6) is -1.31. The predicted molar refractivity (Wildman–Crippen MR) is 177 cm³/mol. The Labute approximate surface area is 272 Å². The zero-order chi connectivity index (χ0) is 32.1. The van der Waals surface area contributed by atoms with Gasteiger partial charge in [-0.1, -0.05) is 96.2 Å². The van der Waals surface area contributed by atoms with Crippen molar-refractivity contribution in [2.45, 2.75) is 62.7 Å². The second kappa shape index (κ2) is 13.4.